The third-order valence-corrected chi connectivity index (χ3v) is 2.38. The molecule has 6 heteroatoms. The van der Waals surface area contributed by atoms with Crippen molar-refractivity contribution < 1.29 is 10.0 Å². The number of nitrogens with zero attached hydrogens (tertiary/aromatic N) is 2. The number of aliphatic hydroxyl groups excluding tert-OH is 1. The third-order valence-electron chi connectivity index (χ3n) is 2.38. The lowest BCUT2D eigenvalue weighted by Gasteiger charge is -2.06. The van der Waals surface area contributed by atoms with E-state index in [1.165, 1.54) is 18.3 Å². The highest BCUT2D eigenvalue weighted by Crippen LogP contribution is 2.24. The summed E-state index contributed by atoms with van der Waals surface area (Å²) in [5.41, 5.74) is 1.37. The number of nitro groups is 1. The SMILES string of the molecule is O=[N+]([O-])c1cccnc1Nc1ccc(CO)cc1. The van der Waals surface area contributed by atoms with Crippen molar-refractivity contribution in [1.29, 1.82) is 0 Å². The van der Waals surface area contributed by atoms with Crippen molar-refractivity contribution in [3.05, 3.63) is 58.3 Å². The van der Waals surface area contributed by atoms with Gasteiger partial charge in [0, 0.05) is 18.0 Å². The van der Waals surface area contributed by atoms with Gasteiger partial charge >= 0.3 is 5.69 Å². The lowest BCUT2D eigenvalue weighted by atomic mass is 10.2. The van der Waals surface area contributed by atoms with Crippen LogP contribution in [-0.4, -0.2) is 15.0 Å². The largest absolute Gasteiger partial charge is 0.392 e. The standard InChI is InChI=1S/C12H11N3O3/c16-8-9-3-5-10(6-4-9)14-12-11(15(17)18)2-1-7-13-12/h1-7,16H,8H2,(H,13,14). The molecule has 0 aliphatic rings. The predicted octanol–water partition coefficient (Wildman–Crippen LogP) is 2.23. The van der Waals surface area contributed by atoms with E-state index in [4.69, 9.17) is 5.11 Å². The topological polar surface area (TPSA) is 88.3 Å². The summed E-state index contributed by atoms with van der Waals surface area (Å²) in [5.74, 6) is 0.194. The first-order chi connectivity index (χ1) is 8.70. The van der Waals surface area contributed by atoms with E-state index in [1.807, 2.05) is 0 Å². The van der Waals surface area contributed by atoms with Gasteiger partial charge in [-0.1, -0.05) is 12.1 Å². The zero-order valence-electron chi connectivity index (χ0n) is 9.41. The lowest BCUT2D eigenvalue weighted by molar-refractivity contribution is -0.384. The maximum atomic E-state index is 10.8. The van der Waals surface area contributed by atoms with Gasteiger partial charge in [0.05, 0.1) is 11.5 Å². The zero-order valence-corrected chi connectivity index (χ0v) is 9.41. The van der Waals surface area contributed by atoms with Crippen molar-refractivity contribution in [2.45, 2.75) is 6.61 Å². The average molecular weight is 245 g/mol. The summed E-state index contributed by atoms with van der Waals surface area (Å²) in [5, 5.41) is 22.6. The molecule has 1 aromatic carbocycles. The Morgan fingerprint density at radius 1 is 1.28 bits per heavy atom. The van der Waals surface area contributed by atoms with Gasteiger partial charge in [-0.05, 0) is 23.8 Å². The number of hydrogen-bond acceptors (Lipinski definition) is 5. The first-order valence-electron chi connectivity index (χ1n) is 5.27. The number of aromatic nitrogens is 1. The Morgan fingerprint density at radius 2 is 2.00 bits per heavy atom. The van der Waals surface area contributed by atoms with Gasteiger partial charge in [0.1, 0.15) is 0 Å². The molecule has 0 saturated heterocycles. The second kappa shape index (κ2) is 5.24. The predicted molar refractivity (Wildman–Crippen MR) is 66.5 cm³/mol. The summed E-state index contributed by atoms with van der Waals surface area (Å²) < 4.78 is 0. The third kappa shape index (κ3) is 2.61. The van der Waals surface area contributed by atoms with Crippen LogP contribution in [0.3, 0.4) is 0 Å². The minimum Gasteiger partial charge on any atom is -0.392 e. The van der Waals surface area contributed by atoms with Crippen molar-refractivity contribution in [1.82, 2.24) is 4.98 Å². The number of rotatable bonds is 4. The van der Waals surface area contributed by atoms with Crippen LogP contribution < -0.4 is 5.32 Å². The maximum Gasteiger partial charge on any atom is 0.311 e. The van der Waals surface area contributed by atoms with Gasteiger partial charge in [-0.3, -0.25) is 10.1 Å². The van der Waals surface area contributed by atoms with E-state index in [2.05, 4.69) is 10.3 Å². The average Bonchev–Trinajstić information content (AvgIpc) is 2.40. The van der Waals surface area contributed by atoms with E-state index in [9.17, 15) is 10.1 Å². The van der Waals surface area contributed by atoms with E-state index in [0.29, 0.717) is 5.69 Å². The highest BCUT2D eigenvalue weighted by molar-refractivity contribution is 5.65. The summed E-state index contributed by atoms with van der Waals surface area (Å²) in [4.78, 5) is 14.3. The number of nitrogens with one attached hydrogen (secondary N) is 1. The minimum atomic E-state index is -0.489. The molecule has 1 heterocycles. The number of anilines is 2. The molecule has 0 radical (unpaired) electrons. The first-order valence-corrected chi connectivity index (χ1v) is 5.27. The highest BCUT2D eigenvalue weighted by Gasteiger charge is 2.13. The molecular formula is C12H11N3O3. The second-order valence-corrected chi connectivity index (χ2v) is 3.61. The fourth-order valence-corrected chi connectivity index (χ4v) is 1.47. The molecule has 0 fully saturated rings. The zero-order chi connectivity index (χ0) is 13.0. The van der Waals surface area contributed by atoms with Crippen LogP contribution in [0.1, 0.15) is 5.56 Å². The molecule has 1 aromatic heterocycles. The van der Waals surface area contributed by atoms with Crippen LogP contribution in [0.2, 0.25) is 0 Å². The van der Waals surface area contributed by atoms with Gasteiger partial charge in [-0.25, -0.2) is 4.98 Å². The Bertz CT molecular complexity index is 555. The highest BCUT2D eigenvalue weighted by atomic mass is 16.6. The molecule has 0 saturated carbocycles. The molecule has 18 heavy (non-hydrogen) atoms. The van der Waals surface area contributed by atoms with E-state index < -0.39 is 4.92 Å². The molecule has 2 N–H and O–H groups in total. The Kier molecular flexibility index (Phi) is 3.49. The molecule has 0 aliphatic carbocycles. The van der Waals surface area contributed by atoms with Crippen molar-refractivity contribution >= 4 is 17.2 Å². The molecule has 0 bridgehead atoms. The van der Waals surface area contributed by atoms with Crippen LogP contribution in [0, 0.1) is 10.1 Å². The van der Waals surface area contributed by atoms with Gasteiger partial charge in [0.25, 0.3) is 0 Å². The minimum absolute atomic E-state index is 0.0377. The molecule has 0 aliphatic heterocycles. The molecule has 0 amide bonds. The molecule has 2 aromatic rings. The smallest absolute Gasteiger partial charge is 0.311 e. The van der Waals surface area contributed by atoms with Gasteiger partial charge in [0.15, 0.2) is 0 Å². The fourth-order valence-electron chi connectivity index (χ4n) is 1.47. The maximum absolute atomic E-state index is 10.8. The fraction of sp³-hybridized carbons (Fsp3) is 0.0833. The second-order valence-electron chi connectivity index (χ2n) is 3.61. The van der Waals surface area contributed by atoms with E-state index in [-0.39, 0.29) is 18.1 Å². The van der Waals surface area contributed by atoms with Crippen molar-refractivity contribution in [2.75, 3.05) is 5.32 Å². The number of aliphatic hydroxyl groups is 1. The van der Waals surface area contributed by atoms with Crippen LogP contribution in [0.4, 0.5) is 17.2 Å². The Hall–Kier alpha value is -2.47. The number of hydrogen-bond donors (Lipinski definition) is 2. The van der Waals surface area contributed by atoms with Crippen LogP contribution in [0.5, 0.6) is 0 Å². The molecule has 6 nitrogen and oxygen atoms in total. The van der Waals surface area contributed by atoms with Gasteiger partial charge in [-0.15, -0.1) is 0 Å². The van der Waals surface area contributed by atoms with Crippen molar-refractivity contribution in [3.8, 4) is 0 Å². The monoisotopic (exact) mass is 245 g/mol. The summed E-state index contributed by atoms with van der Waals surface area (Å²) in [6.45, 7) is -0.0377. The van der Waals surface area contributed by atoms with Crippen LogP contribution in [0.15, 0.2) is 42.6 Å². The summed E-state index contributed by atoms with van der Waals surface area (Å²) in [6, 6.07) is 9.82. The summed E-state index contributed by atoms with van der Waals surface area (Å²) in [7, 11) is 0. The molecule has 92 valence electrons. The molecule has 2 rings (SSSR count). The number of benzene rings is 1. The normalized spacial score (nSPS) is 10.1. The molecular weight excluding hydrogens is 234 g/mol. The molecule has 0 unspecified atom stereocenters. The molecule has 0 atom stereocenters. The summed E-state index contributed by atoms with van der Waals surface area (Å²) in [6.07, 6.45) is 1.48. The summed E-state index contributed by atoms with van der Waals surface area (Å²) >= 11 is 0. The Balaban J connectivity index is 2.25. The lowest BCUT2D eigenvalue weighted by Crippen LogP contribution is -1.99. The van der Waals surface area contributed by atoms with E-state index >= 15 is 0 Å². The van der Waals surface area contributed by atoms with E-state index in [1.54, 1.807) is 24.3 Å². The van der Waals surface area contributed by atoms with Crippen molar-refractivity contribution in [3.63, 3.8) is 0 Å². The van der Waals surface area contributed by atoms with Crippen LogP contribution >= 0.6 is 0 Å². The first kappa shape index (κ1) is 12.0. The Labute approximate surface area is 103 Å². The van der Waals surface area contributed by atoms with Crippen LogP contribution in [-0.2, 0) is 6.61 Å². The van der Waals surface area contributed by atoms with Crippen molar-refractivity contribution in [2.24, 2.45) is 0 Å². The van der Waals surface area contributed by atoms with E-state index in [0.717, 1.165) is 5.56 Å². The van der Waals surface area contributed by atoms with Gasteiger partial charge in [0.2, 0.25) is 5.82 Å². The Morgan fingerprint density at radius 3 is 2.61 bits per heavy atom. The van der Waals surface area contributed by atoms with Crippen LogP contribution in [0.25, 0.3) is 0 Å². The quantitative estimate of drug-likeness (QED) is 0.637. The molecule has 0 spiro atoms. The van der Waals surface area contributed by atoms with Gasteiger partial charge in [-0.2, -0.15) is 0 Å². The van der Waals surface area contributed by atoms with Gasteiger partial charge < -0.3 is 10.4 Å². The number of pyridine rings is 1.